The van der Waals surface area contributed by atoms with Crippen molar-refractivity contribution in [3.8, 4) is 0 Å². The van der Waals surface area contributed by atoms with Gasteiger partial charge in [-0.15, -0.1) is 0 Å². The van der Waals surface area contributed by atoms with E-state index < -0.39 is 6.10 Å². The summed E-state index contributed by atoms with van der Waals surface area (Å²) < 4.78 is 0. The van der Waals surface area contributed by atoms with E-state index >= 15 is 0 Å². The van der Waals surface area contributed by atoms with Crippen molar-refractivity contribution in [2.75, 3.05) is 6.54 Å². The van der Waals surface area contributed by atoms with E-state index in [1.54, 1.807) is 6.07 Å². The molecule has 1 unspecified atom stereocenters. The zero-order valence-corrected chi connectivity index (χ0v) is 10.9. The summed E-state index contributed by atoms with van der Waals surface area (Å²) in [7, 11) is 0. The molecule has 0 aliphatic carbocycles. The molecule has 0 aromatic heterocycles. The van der Waals surface area contributed by atoms with E-state index in [2.05, 4.69) is 5.32 Å². The number of carbonyl (C=O) groups excluding carboxylic acids is 1. The zero-order chi connectivity index (χ0) is 13.0. The first-order chi connectivity index (χ1) is 7.91. The Morgan fingerprint density at radius 2 is 1.94 bits per heavy atom. The second-order valence-corrected chi connectivity index (χ2v) is 4.89. The first-order valence-electron chi connectivity index (χ1n) is 5.94. The Balaban J connectivity index is 2.71. The van der Waals surface area contributed by atoms with Crippen molar-refractivity contribution in [2.45, 2.75) is 33.8 Å². The highest BCUT2D eigenvalue weighted by Gasteiger charge is 2.17. The predicted molar refractivity (Wildman–Crippen MR) is 68.7 cm³/mol. The smallest absolute Gasteiger partial charge is 0.253 e. The second-order valence-electron chi connectivity index (χ2n) is 4.89. The molecule has 94 valence electrons. The van der Waals surface area contributed by atoms with E-state index in [-0.39, 0.29) is 5.91 Å². The van der Waals surface area contributed by atoms with Gasteiger partial charge in [-0.25, -0.2) is 0 Å². The summed E-state index contributed by atoms with van der Waals surface area (Å²) in [6, 6.07) is 5.57. The summed E-state index contributed by atoms with van der Waals surface area (Å²) in [6.07, 6.45) is -1.08. The van der Waals surface area contributed by atoms with Crippen LogP contribution in [0.25, 0.3) is 0 Å². The molecule has 1 aromatic rings. The first kappa shape index (κ1) is 13.7. The Hall–Kier alpha value is -1.35. The largest absolute Gasteiger partial charge is 0.378 e. The number of nitrogens with one attached hydrogen (secondary N) is 1. The molecule has 17 heavy (non-hydrogen) atoms. The lowest BCUT2D eigenvalue weighted by molar-refractivity contribution is -0.129. The molecule has 3 heteroatoms. The highest BCUT2D eigenvalue weighted by atomic mass is 16.3. The summed E-state index contributed by atoms with van der Waals surface area (Å²) in [6.45, 7) is 8.59. The number of aryl methyl sites for hydroxylation is 2. The third kappa shape index (κ3) is 3.86. The minimum Gasteiger partial charge on any atom is -0.378 e. The van der Waals surface area contributed by atoms with Gasteiger partial charge in [-0.1, -0.05) is 32.0 Å². The van der Waals surface area contributed by atoms with Crippen LogP contribution in [0.5, 0.6) is 0 Å². The summed E-state index contributed by atoms with van der Waals surface area (Å²) >= 11 is 0. The van der Waals surface area contributed by atoms with Crippen LogP contribution in [0.3, 0.4) is 0 Å². The molecule has 0 fully saturated rings. The summed E-state index contributed by atoms with van der Waals surface area (Å²) in [5.41, 5.74) is 2.89. The molecule has 1 atom stereocenters. The summed E-state index contributed by atoms with van der Waals surface area (Å²) in [4.78, 5) is 11.7. The molecule has 1 amide bonds. The molecule has 1 rings (SSSR count). The van der Waals surface area contributed by atoms with Crippen molar-refractivity contribution < 1.29 is 9.90 Å². The van der Waals surface area contributed by atoms with Crippen molar-refractivity contribution in [3.05, 3.63) is 34.9 Å². The van der Waals surface area contributed by atoms with E-state index in [9.17, 15) is 9.90 Å². The molecule has 0 heterocycles. The van der Waals surface area contributed by atoms with Gasteiger partial charge in [-0.3, -0.25) is 4.79 Å². The molecular weight excluding hydrogens is 214 g/mol. The molecule has 0 radical (unpaired) electrons. The van der Waals surface area contributed by atoms with Crippen LogP contribution in [0.1, 0.15) is 36.6 Å². The van der Waals surface area contributed by atoms with Gasteiger partial charge in [0, 0.05) is 6.54 Å². The minimum atomic E-state index is -1.08. The van der Waals surface area contributed by atoms with Crippen LogP contribution in [0.15, 0.2) is 18.2 Å². The average molecular weight is 235 g/mol. The van der Waals surface area contributed by atoms with Gasteiger partial charge in [0.15, 0.2) is 6.10 Å². The molecule has 1 aromatic carbocycles. The lowest BCUT2D eigenvalue weighted by Gasteiger charge is -2.14. The summed E-state index contributed by atoms with van der Waals surface area (Å²) in [5.74, 6) is 0.0489. The van der Waals surface area contributed by atoms with Gasteiger partial charge >= 0.3 is 0 Å². The number of amides is 1. The highest BCUT2D eigenvalue weighted by molar-refractivity contribution is 5.81. The molecule has 3 nitrogen and oxygen atoms in total. The predicted octanol–water partition coefficient (Wildman–Crippen LogP) is 2.11. The van der Waals surface area contributed by atoms with Gasteiger partial charge in [-0.05, 0) is 36.5 Å². The van der Waals surface area contributed by atoms with Crippen molar-refractivity contribution >= 4 is 5.91 Å². The van der Waals surface area contributed by atoms with Crippen molar-refractivity contribution in [1.82, 2.24) is 5.32 Å². The number of aliphatic hydroxyl groups is 1. The van der Waals surface area contributed by atoms with Gasteiger partial charge in [0.05, 0.1) is 0 Å². The standard InChI is InChI=1S/C14H21NO2/c1-9(2)8-15-14(17)13(16)12-6-5-10(3)11(4)7-12/h5-7,9,13,16H,8H2,1-4H3,(H,15,17). The molecule has 0 aliphatic rings. The highest BCUT2D eigenvalue weighted by Crippen LogP contribution is 2.17. The number of rotatable bonds is 4. The Labute approximate surface area is 103 Å². The maximum absolute atomic E-state index is 11.7. The SMILES string of the molecule is Cc1ccc(C(O)C(=O)NCC(C)C)cc1C. The molecule has 2 N–H and O–H groups in total. The molecule has 0 saturated heterocycles. The van der Waals surface area contributed by atoms with Crippen LogP contribution >= 0.6 is 0 Å². The van der Waals surface area contributed by atoms with Gasteiger partial charge in [0.2, 0.25) is 0 Å². The van der Waals surface area contributed by atoms with Gasteiger partial charge < -0.3 is 10.4 Å². The first-order valence-corrected chi connectivity index (χ1v) is 5.94. The molecule has 0 spiro atoms. The lowest BCUT2D eigenvalue weighted by atomic mass is 10.0. The fraction of sp³-hybridized carbons (Fsp3) is 0.500. The molecular formula is C14H21NO2. The number of hydrogen-bond acceptors (Lipinski definition) is 2. The molecule has 0 saturated carbocycles. The third-order valence-corrected chi connectivity index (χ3v) is 2.78. The van der Waals surface area contributed by atoms with Crippen LogP contribution in [0.4, 0.5) is 0 Å². The monoisotopic (exact) mass is 235 g/mol. The van der Waals surface area contributed by atoms with Crippen LogP contribution in [-0.4, -0.2) is 17.6 Å². The topological polar surface area (TPSA) is 49.3 Å². The quantitative estimate of drug-likeness (QED) is 0.839. The van der Waals surface area contributed by atoms with Crippen molar-refractivity contribution in [3.63, 3.8) is 0 Å². The fourth-order valence-electron chi connectivity index (χ4n) is 1.49. The Morgan fingerprint density at radius 1 is 1.29 bits per heavy atom. The van der Waals surface area contributed by atoms with Crippen LogP contribution in [-0.2, 0) is 4.79 Å². The Kier molecular flexibility index (Phi) is 4.70. The van der Waals surface area contributed by atoms with Crippen LogP contribution in [0, 0.1) is 19.8 Å². The van der Waals surface area contributed by atoms with Crippen LogP contribution in [0.2, 0.25) is 0 Å². The zero-order valence-electron chi connectivity index (χ0n) is 10.9. The Bertz CT molecular complexity index is 399. The third-order valence-electron chi connectivity index (χ3n) is 2.78. The number of hydrogen-bond donors (Lipinski definition) is 2. The van der Waals surface area contributed by atoms with Crippen LogP contribution < -0.4 is 5.32 Å². The van der Waals surface area contributed by atoms with Gasteiger partial charge in [0.25, 0.3) is 5.91 Å². The van der Waals surface area contributed by atoms with E-state index in [4.69, 9.17) is 0 Å². The summed E-state index contributed by atoms with van der Waals surface area (Å²) in [5, 5.41) is 12.6. The maximum atomic E-state index is 11.7. The van der Waals surface area contributed by atoms with E-state index in [0.29, 0.717) is 18.0 Å². The minimum absolute atomic E-state index is 0.332. The van der Waals surface area contributed by atoms with E-state index in [1.165, 1.54) is 0 Å². The van der Waals surface area contributed by atoms with Gasteiger partial charge in [0.1, 0.15) is 0 Å². The molecule has 0 bridgehead atoms. The second kappa shape index (κ2) is 5.82. The molecule has 0 aliphatic heterocycles. The van der Waals surface area contributed by atoms with Crippen molar-refractivity contribution in [1.29, 1.82) is 0 Å². The average Bonchev–Trinajstić information content (AvgIpc) is 2.28. The fourth-order valence-corrected chi connectivity index (χ4v) is 1.49. The van der Waals surface area contributed by atoms with Gasteiger partial charge in [-0.2, -0.15) is 0 Å². The Morgan fingerprint density at radius 3 is 2.47 bits per heavy atom. The van der Waals surface area contributed by atoms with E-state index in [0.717, 1.165) is 11.1 Å². The lowest BCUT2D eigenvalue weighted by Crippen LogP contribution is -2.32. The number of carbonyl (C=O) groups is 1. The normalized spacial score (nSPS) is 12.6. The van der Waals surface area contributed by atoms with E-state index in [1.807, 2.05) is 39.8 Å². The number of aliphatic hydroxyl groups excluding tert-OH is 1. The maximum Gasteiger partial charge on any atom is 0.253 e. The number of benzene rings is 1. The van der Waals surface area contributed by atoms with Crippen molar-refractivity contribution in [2.24, 2.45) is 5.92 Å².